The zero-order valence-electron chi connectivity index (χ0n) is 13.4. The van der Waals surface area contributed by atoms with Crippen molar-refractivity contribution in [2.24, 2.45) is 0 Å². The number of aliphatic hydroxyl groups is 1. The van der Waals surface area contributed by atoms with Crippen molar-refractivity contribution in [1.29, 1.82) is 0 Å². The molecule has 0 spiro atoms. The lowest BCUT2D eigenvalue weighted by Crippen LogP contribution is -2.29. The van der Waals surface area contributed by atoms with E-state index in [0.29, 0.717) is 18.7 Å². The smallest absolute Gasteiger partial charge is 0.337 e. The minimum absolute atomic E-state index is 0.000426. The van der Waals surface area contributed by atoms with Crippen molar-refractivity contribution in [3.05, 3.63) is 65.0 Å². The fraction of sp³-hybridized carbons (Fsp3) is 0.278. The molecule has 0 aliphatic heterocycles. The van der Waals surface area contributed by atoms with Gasteiger partial charge in [0, 0.05) is 19.1 Å². The Morgan fingerprint density at radius 1 is 1.17 bits per heavy atom. The molecule has 3 N–H and O–H groups in total. The van der Waals surface area contributed by atoms with E-state index in [1.165, 1.54) is 12.1 Å². The average molecular weight is 328 g/mol. The van der Waals surface area contributed by atoms with Gasteiger partial charge in [0.1, 0.15) is 5.69 Å². The molecule has 6 heteroatoms. The maximum atomic E-state index is 12.2. The highest BCUT2D eigenvalue weighted by Crippen LogP contribution is 2.18. The number of hydrogen-bond acceptors (Lipinski definition) is 4. The highest BCUT2D eigenvalue weighted by atomic mass is 16.4. The Hall–Kier alpha value is -2.73. The number of pyridine rings is 1. The summed E-state index contributed by atoms with van der Waals surface area (Å²) in [4.78, 5) is 27.3. The van der Waals surface area contributed by atoms with Crippen LogP contribution in [-0.2, 0) is 0 Å². The van der Waals surface area contributed by atoms with Gasteiger partial charge in [-0.1, -0.05) is 30.3 Å². The number of hydrogen-bond donors (Lipinski definition) is 3. The molecule has 126 valence electrons. The van der Waals surface area contributed by atoms with Gasteiger partial charge in [-0.25, -0.2) is 9.78 Å². The molecule has 0 aliphatic carbocycles. The molecule has 24 heavy (non-hydrogen) atoms. The lowest BCUT2D eigenvalue weighted by atomic mass is 9.96. The van der Waals surface area contributed by atoms with Crippen LogP contribution in [0.25, 0.3) is 0 Å². The zero-order chi connectivity index (χ0) is 17.5. The second kappa shape index (κ2) is 8.21. The van der Waals surface area contributed by atoms with Gasteiger partial charge < -0.3 is 15.5 Å². The maximum absolute atomic E-state index is 12.2. The second-order valence-electron chi connectivity index (χ2n) is 5.46. The summed E-state index contributed by atoms with van der Waals surface area (Å²) in [5.41, 5.74) is 1.59. The molecule has 1 heterocycles. The standard InChI is InChI=1S/C18H20N2O4/c1-12-15(18(23)24)7-8-16(20-12)17(22)19-11-14(9-10-21)13-5-3-2-4-6-13/h2-8,14,21H,9-11H2,1H3,(H,19,22)(H,23,24). The number of rotatable bonds is 7. The molecule has 0 saturated carbocycles. The fourth-order valence-corrected chi connectivity index (χ4v) is 2.49. The molecule has 0 bridgehead atoms. The van der Waals surface area contributed by atoms with Crippen molar-refractivity contribution in [2.75, 3.05) is 13.2 Å². The molecule has 1 aromatic heterocycles. The number of carboxylic acids is 1. The number of carbonyl (C=O) groups is 2. The van der Waals surface area contributed by atoms with Crippen molar-refractivity contribution < 1.29 is 19.8 Å². The van der Waals surface area contributed by atoms with Gasteiger partial charge in [-0.15, -0.1) is 0 Å². The molecule has 1 aromatic carbocycles. The second-order valence-corrected chi connectivity index (χ2v) is 5.46. The fourth-order valence-electron chi connectivity index (χ4n) is 2.49. The molecular weight excluding hydrogens is 308 g/mol. The van der Waals surface area contributed by atoms with Crippen molar-refractivity contribution in [3.63, 3.8) is 0 Å². The molecular formula is C18H20N2O4. The lowest BCUT2D eigenvalue weighted by molar-refractivity contribution is 0.0694. The van der Waals surface area contributed by atoms with Crippen molar-refractivity contribution in [3.8, 4) is 0 Å². The van der Waals surface area contributed by atoms with Crippen LogP contribution in [0.15, 0.2) is 42.5 Å². The van der Waals surface area contributed by atoms with Crippen LogP contribution in [0.4, 0.5) is 0 Å². The number of nitrogens with zero attached hydrogens (tertiary/aromatic N) is 1. The first-order chi connectivity index (χ1) is 11.5. The summed E-state index contributed by atoms with van der Waals surface area (Å²) in [6.07, 6.45) is 0.536. The number of amides is 1. The van der Waals surface area contributed by atoms with Gasteiger partial charge in [-0.2, -0.15) is 0 Å². The molecule has 1 amide bonds. The molecule has 6 nitrogen and oxygen atoms in total. The third-order valence-corrected chi connectivity index (χ3v) is 3.81. The summed E-state index contributed by atoms with van der Waals surface area (Å²) < 4.78 is 0. The third kappa shape index (κ3) is 4.39. The van der Waals surface area contributed by atoms with E-state index in [1.807, 2.05) is 30.3 Å². The Kier molecular flexibility index (Phi) is 6.03. The van der Waals surface area contributed by atoms with Crippen LogP contribution in [0.5, 0.6) is 0 Å². The number of aliphatic hydroxyl groups excluding tert-OH is 1. The van der Waals surface area contributed by atoms with E-state index < -0.39 is 5.97 Å². The first-order valence-corrected chi connectivity index (χ1v) is 7.68. The molecule has 1 atom stereocenters. The van der Waals surface area contributed by atoms with Gasteiger partial charge in [0.15, 0.2) is 0 Å². The van der Waals surface area contributed by atoms with Gasteiger partial charge in [0.2, 0.25) is 0 Å². The van der Waals surface area contributed by atoms with E-state index in [0.717, 1.165) is 5.56 Å². The van der Waals surface area contributed by atoms with Gasteiger partial charge >= 0.3 is 5.97 Å². The number of carboxylic acid groups (broad SMARTS) is 1. The number of aromatic nitrogens is 1. The molecule has 0 saturated heterocycles. The molecule has 0 radical (unpaired) electrons. The van der Waals surface area contributed by atoms with E-state index in [4.69, 9.17) is 5.11 Å². The Morgan fingerprint density at radius 2 is 1.88 bits per heavy atom. The van der Waals surface area contributed by atoms with Crippen molar-refractivity contribution in [2.45, 2.75) is 19.3 Å². The van der Waals surface area contributed by atoms with Crippen molar-refractivity contribution >= 4 is 11.9 Å². The number of carbonyl (C=O) groups excluding carboxylic acids is 1. The van der Waals surface area contributed by atoms with Gasteiger partial charge in [-0.05, 0) is 31.0 Å². The van der Waals surface area contributed by atoms with E-state index >= 15 is 0 Å². The first kappa shape index (κ1) is 17.6. The van der Waals surface area contributed by atoms with Crippen LogP contribution in [0.1, 0.15) is 44.4 Å². The van der Waals surface area contributed by atoms with E-state index in [9.17, 15) is 14.7 Å². The maximum Gasteiger partial charge on any atom is 0.337 e. The number of aryl methyl sites for hydroxylation is 1. The van der Waals surface area contributed by atoms with Gasteiger partial charge in [0.05, 0.1) is 11.3 Å². The van der Waals surface area contributed by atoms with E-state index in [-0.39, 0.29) is 29.7 Å². The summed E-state index contributed by atoms with van der Waals surface area (Å²) in [5.74, 6) is -1.44. The predicted molar refractivity (Wildman–Crippen MR) is 89.2 cm³/mol. The molecule has 1 unspecified atom stereocenters. The van der Waals surface area contributed by atoms with Crippen molar-refractivity contribution in [1.82, 2.24) is 10.3 Å². The van der Waals surface area contributed by atoms with Crippen LogP contribution < -0.4 is 5.32 Å². The zero-order valence-corrected chi connectivity index (χ0v) is 13.4. The highest BCUT2D eigenvalue weighted by molar-refractivity contribution is 5.94. The van der Waals surface area contributed by atoms with Gasteiger partial charge in [-0.3, -0.25) is 4.79 Å². The number of nitrogens with one attached hydrogen (secondary N) is 1. The summed E-state index contributed by atoms with van der Waals surface area (Å²) in [7, 11) is 0. The molecule has 2 rings (SSSR count). The largest absolute Gasteiger partial charge is 0.478 e. The minimum Gasteiger partial charge on any atom is -0.478 e. The van der Waals surface area contributed by atoms with Crippen LogP contribution >= 0.6 is 0 Å². The number of aromatic carboxylic acids is 1. The first-order valence-electron chi connectivity index (χ1n) is 7.68. The molecule has 0 fully saturated rings. The van der Waals surface area contributed by atoms with Gasteiger partial charge in [0.25, 0.3) is 5.91 Å². The topological polar surface area (TPSA) is 99.5 Å². The Labute approximate surface area is 140 Å². The van der Waals surface area contributed by atoms with E-state index in [2.05, 4.69) is 10.3 Å². The van der Waals surface area contributed by atoms with Crippen LogP contribution in [0.2, 0.25) is 0 Å². The average Bonchev–Trinajstić information content (AvgIpc) is 2.58. The highest BCUT2D eigenvalue weighted by Gasteiger charge is 2.16. The van der Waals surface area contributed by atoms with Crippen LogP contribution in [-0.4, -0.2) is 40.2 Å². The molecule has 0 aliphatic rings. The normalized spacial score (nSPS) is 11.8. The Balaban J connectivity index is 2.06. The monoisotopic (exact) mass is 328 g/mol. The Morgan fingerprint density at radius 3 is 2.46 bits per heavy atom. The summed E-state index contributed by atoms with van der Waals surface area (Å²) >= 11 is 0. The van der Waals surface area contributed by atoms with E-state index in [1.54, 1.807) is 6.92 Å². The number of benzene rings is 1. The summed E-state index contributed by atoms with van der Waals surface area (Å²) in [6, 6.07) is 12.4. The lowest BCUT2D eigenvalue weighted by Gasteiger charge is -2.17. The molecule has 2 aromatic rings. The van der Waals surface area contributed by atoms with Crippen LogP contribution in [0, 0.1) is 6.92 Å². The summed E-state index contributed by atoms with van der Waals surface area (Å²) in [5, 5.41) is 21.0. The minimum atomic E-state index is -1.07. The quantitative estimate of drug-likeness (QED) is 0.722. The van der Waals surface area contributed by atoms with Crippen LogP contribution in [0.3, 0.4) is 0 Å². The third-order valence-electron chi connectivity index (χ3n) is 3.81. The Bertz CT molecular complexity index is 716. The predicted octanol–water partition coefficient (Wildman–Crippen LogP) is 1.98. The SMILES string of the molecule is Cc1nc(C(=O)NCC(CCO)c2ccccc2)ccc1C(=O)O. The summed E-state index contributed by atoms with van der Waals surface area (Å²) in [6.45, 7) is 1.95.